The third kappa shape index (κ3) is 6.32. The van der Waals surface area contributed by atoms with Crippen LogP contribution in [-0.2, 0) is 0 Å². The van der Waals surface area contributed by atoms with E-state index < -0.39 is 30.7 Å². The highest BCUT2D eigenvalue weighted by Gasteiger charge is 2.30. The average molecular weight is 534 g/mol. The Hall–Kier alpha value is -3.90. The zero-order valence-corrected chi connectivity index (χ0v) is 21.4. The topological polar surface area (TPSA) is 107 Å². The fourth-order valence-corrected chi connectivity index (χ4v) is 4.22. The first kappa shape index (κ1) is 27.1. The van der Waals surface area contributed by atoms with E-state index in [9.17, 15) is 18.0 Å². The van der Waals surface area contributed by atoms with Crippen molar-refractivity contribution in [2.75, 3.05) is 20.3 Å². The number of carbonyl (C=O) groups excluding carboxylic acids is 1. The van der Waals surface area contributed by atoms with Gasteiger partial charge in [-0.3, -0.25) is 0 Å². The molecule has 0 radical (unpaired) electrons. The van der Waals surface area contributed by atoms with Gasteiger partial charge in [0, 0.05) is 37.6 Å². The Morgan fingerprint density at radius 1 is 1.24 bits per heavy atom. The first-order valence-electron chi connectivity index (χ1n) is 12.4. The highest BCUT2D eigenvalue weighted by Crippen LogP contribution is 2.30. The van der Waals surface area contributed by atoms with Gasteiger partial charge in [-0.2, -0.15) is 13.2 Å². The van der Waals surface area contributed by atoms with Gasteiger partial charge in [-0.05, 0) is 33.1 Å². The van der Waals surface area contributed by atoms with Crippen molar-refractivity contribution in [3.63, 3.8) is 0 Å². The molecule has 0 aromatic carbocycles. The molecule has 4 heterocycles. The van der Waals surface area contributed by atoms with Gasteiger partial charge < -0.3 is 24.1 Å². The van der Waals surface area contributed by atoms with Crippen LogP contribution in [-0.4, -0.2) is 67.7 Å². The van der Waals surface area contributed by atoms with Crippen molar-refractivity contribution in [1.82, 2.24) is 34.6 Å². The molecule has 3 aromatic rings. The van der Waals surface area contributed by atoms with Crippen LogP contribution in [0.3, 0.4) is 0 Å². The number of nitrogens with zero attached hydrogens (tertiary/aromatic N) is 6. The third-order valence-electron chi connectivity index (χ3n) is 6.25. The monoisotopic (exact) mass is 533 g/mol. The summed E-state index contributed by atoms with van der Waals surface area (Å²) >= 11 is 0. The molecule has 0 fully saturated rings. The van der Waals surface area contributed by atoms with E-state index in [1.807, 2.05) is 6.08 Å². The number of rotatable bonds is 4. The predicted molar refractivity (Wildman–Crippen MR) is 133 cm³/mol. The number of hydrogen-bond acceptors (Lipinski definition) is 7. The number of imidazole rings is 1. The second kappa shape index (κ2) is 11.7. The van der Waals surface area contributed by atoms with Crippen molar-refractivity contribution in [3.8, 4) is 23.1 Å². The van der Waals surface area contributed by atoms with E-state index in [2.05, 4.69) is 20.3 Å². The minimum Gasteiger partial charge on any atom is -0.479 e. The van der Waals surface area contributed by atoms with Gasteiger partial charge in [0.15, 0.2) is 5.69 Å². The molecule has 0 aliphatic carbocycles. The molecule has 1 aliphatic rings. The van der Waals surface area contributed by atoms with Gasteiger partial charge in [-0.1, -0.05) is 12.2 Å². The number of methoxy groups -OCH3 is 1. The number of halogens is 3. The second-order valence-corrected chi connectivity index (χ2v) is 8.85. The van der Waals surface area contributed by atoms with Gasteiger partial charge in [-0.25, -0.2) is 24.7 Å². The minimum atomic E-state index is -4.32. The van der Waals surface area contributed by atoms with Crippen molar-refractivity contribution in [1.29, 1.82) is 0 Å². The van der Waals surface area contributed by atoms with E-state index in [4.69, 9.17) is 14.5 Å². The maximum absolute atomic E-state index is 13.2. The molecular formula is C25H30F3N7O3. The average Bonchev–Trinajstić information content (AvgIpc) is 3.37. The maximum atomic E-state index is 13.2. The molecule has 3 aromatic heterocycles. The molecule has 0 spiro atoms. The molecule has 0 unspecified atom stereocenters. The number of carbonyl (C=O) groups is 1. The Morgan fingerprint density at radius 3 is 2.79 bits per heavy atom. The van der Waals surface area contributed by atoms with Gasteiger partial charge in [0.1, 0.15) is 5.69 Å². The van der Waals surface area contributed by atoms with Crippen LogP contribution in [0.4, 0.5) is 18.0 Å². The molecule has 0 saturated carbocycles. The summed E-state index contributed by atoms with van der Waals surface area (Å²) in [6, 6.07) is -1.72. The van der Waals surface area contributed by atoms with Crippen LogP contribution >= 0.6 is 0 Å². The van der Waals surface area contributed by atoms with E-state index in [1.54, 1.807) is 42.9 Å². The quantitative estimate of drug-likeness (QED) is 0.484. The first-order valence-corrected chi connectivity index (χ1v) is 12.4. The molecule has 1 aliphatic heterocycles. The van der Waals surface area contributed by atoms with Crippen LogP contribution in [0.15, 0.2) is 36.9 Å². The van der Waals surface area contributed by atoms with Gasteiger partial charge in [0.05, 0.1) is 31.6 Å². The van der Waals surface area contributed by atoms with E-state index in [0.717, 1.165) is 0 Å². The lowest BCUT2D eigenvalue weighted by Gasteiger charge is -2.30. The summed E-state index contributed by atoms with van der Waals surface area (Å²) in [5.74, 6) is 0.530. The van der Waals surface area contributed by atoms with Crippen LogP contribution in [0.5, 0.6) is 11.8 Å². The van der Waals surface area contributed by atoms with Crippen LogP contribution in [0.1, 0.15) is 51.3 Å². The number of alkyl halides is 3. The highest BCUT2D eigenvalue weighted by atomic mass is 19.4. The lowest BCUT2D eigenvalue weighted by atomic mass is 10.1. The standard InChI is InChI=1S/C25H30F3N7O3/c1-4-35-16(2)18-14-30-22(37-3)20(32-18)19-15-34-12-11-29-21(34)23(33-19)38-13-7-5-6-8-17(31-24(35)36)9-10-25(26,27)28/h5-6,11-12,14-17H,4,7-10,13H2,1-3H3,(H,31,36)/b6-5+/t16-,17-/m1/s1. The second-order valence-electron chi connectivity index (χ2n) is 8.85. The Kier molecular flexibility index (Phi) is 8.32. The van der Waals surface area contributed by atoms with E-state index in [0.29, 0.717) is 41.6 Å². The Bertz CT molecular complexity index is 1290. The largest absolute Gasteiger partial charge is 0.479 e. The molecule has 2 amide bonds. The molecule has 13 heteroatoms. The van der Waals surface area contributed by atoms with Crippen molar-refractivity contribution in [2.45, 2.75) is 57.8 Å². The number of ether oxygens (including phenoxy) is 2. The minimum absolute atomic E-state index is 0.234. The predicted octanol–water partition coefficient (Wildman–Crippen LogP) is 4.73. The number of aromatic nitrogens is 5. The fourth-order valence-electron chi connectivity index (χ4n) is 4.22. The first-order chi connectivity index (χ1) is 18.2. The van der Waals surface area contributed by atoms with Gasteiger partial charge in [0.2, 0.25) is 11.5 Å². The number of fused-ring (bicyclic) bond motifs is 7. The van der Waals surface area contributed by atoms with Crippen molar-refractivity contribution < 1.29 is 27.4 Å². The molecule has 204 valence electrons. The Labute approximate surface area is 217 Å². The molecule has 1 N–H and O–H groups in total. The SMILES string of the molecule is CCN1C(=O)N[C@@H](CCC(F)(F)F)C/C=C/CCOc2nc(cn3ccnc23)-c2nc(cnc2OC)[C@H]1C. The summed E-state index contributed by atoms with van der Waals surface area (Å²) in [6.07, 6.45) is 5.38. The summed E-state index contributed by atoms with van der Waals surface area (Å²) in [7, 11) is 1.47. The van der Waals surface area contributed by atoms with Crippen molar-refractivity contribution in [2.24, 2.45) is 0 Å². The van der Waals surface area contributed by atoms with Crippen LogP contribution < -0.4 is 14.8 Å². The van der Waals surface area contributed by atoms with Gasteiger partial charge in [-0.15, -0.1) is 0 Å². The lowest BCUT2D eigenvalue weighted by Crippen LogP contribution is -2.46. The normalized spacial score (nSPS) is 19.9. The summed E-state index contributed by atoms with van der Waals surface area (Å²) < 4.78 is 52.0. The van der Waals surface area contributed by atoms with Crippen LogP contribution in [0.2, 0.25) is 0 Å². The summed E-state index contributed by atoms with van der Waals surface area (Å²) in [5.41, 5.74) is 1.76. The van der Waals surface area contributed by atoms with Crippen LogP contribution in [0, 0.1) is 0 Å². The summed E-state index contributed by atoms with van der Waals surface area (Å²) in [4.78, 5) is 32.8. The van der Waals surface area contributed by atoms with Crippen molar-refractivity contribution in [3.05, 3.63) is 42.6 Å². The molecule has 2 atom stereocenters. The van der Waals surface area contributed by atoms with E-state index in [1.165, 1.54) is 18.2 Å². The van der Waals surface area contributed by atoms with Crippen LogP contribution in [0.25, 0.3) is 17.0 Å². The van der Waals surface area contributed by atoms with E-state index >= 15 is 0 Å². The Balaban J connectivity index is 1.75. The molecule has 10 nitrogen and oxygen atoms in total. The molecular weight excluding hydrogens is 503 g/mol. The lowest BCUT2D eigenvalue weighted by molar-refractivity contribution is -0.136. The third-order valence-corrected chi connectivity index (χ3v) is 6.25. The molecule has 38 heavy (non-hydrogen) atoms. The zero-order valence-electron chi connectivity index (χ0n) is 21.4. The Morgan fingerprint density at radius 2 is 2.05 bits per heavy atom. The van der Waals surface area contributed by atoms with Gasteiger partial charge in [0.25, 0.3) is 5.88 Å². The van der Waals surface area contributed by atoms with Crippen molar-refractivity contribution >= 4 is 11.7 Å². The fraction of sp³-hybridized carbons (Fsp3) is 0.480. The zero-order chi connectivity index (χ0) is 27.3. The molecule has 4 rings (SSSR count). The molecule has 0 saturated heterocycles. The smallest absolute Gasteiger partial charge is 0.389 e. The maximum Gasteiger partial charge on any atom is 0.389 e. The number of hydrogen-bond donors (Lipinski definition) is 1. The summed E-state index contributed by atoms with van der Waals surface area (Å²) in [6.45, 7) is 4.13. The number of nitrogens with one attached hydrogen (secondary N) is 1. The van der Waals surface area contributed by atoms with Gasteiger partial charge >= 0.3 is 12.2 Å². The number of amides is 2. The number of urea groups is 1. The van der Waals surface area contributed by atoms with E-state index in [-0.39, 0.29) is 25.3 Å². The molecule has 4 bridgehead atoms. The highest BCUT2D eigenvalue weighted by molar-refractivity contribution is 5.75. The summed E-state index contributed by atoms with van der Waals surface area (Å²) in [5, 5.41) is 2.78.